The van der Waals surface area contributed by atoms with Crippen LogP contribution in [-0.2, 0) is 9.53 Å². The standard InChI is InChI=1S/C16H32O3/c1-3-4-5-6-7-8-9-10-11-12-13-16(18)14-19-15(2)17/h16,18H,3-14H2,1-2H3/t16-/m1/s1. The van der Waals surface area contributed by atoms with E-state index in [2.05, 4.69) is 6.92 Å². The van der Waals surface area contributed by atoms with Crippen LogP contribution in [0.25, 0.3) is 0 Å². The Labute approximate surface area is 118 Å². The van der Waals surface area contributed by atoms with Crippen molar-refractivity contribution in [2.75, 3.05) is 6.61 Å². The lowest BCUT2D eigenvalue weighted by Gasteiger charge is -2.09. The summed E-state index contributed by atoms with van der Waals surface area (Å²) in [5.74, 6) is -0.317. The minimum Gasteiger partial charge on any atom is -0.463 e. The molecule has 0 aromatic heterocycles. The number of unbranched alkanes of at least 4 members (excludes halogenated alkanes) is 9. The van der Waals surface area contributed by atoms with Gasteiger partial charge >= 0.3 is 5.97 Å². The molecule has 3 nitrogen and oxygen atoms in total. The average molecular weight is 272 g/mol. The maximum atomic E-state index is 10.6. The zero-order valence-corrected chi connectivity index (χ0v) is 12.8. The minimum atomic E-state index is -0.488. The first-order valence-electron chi connectivity index (χ1n) is 7.98. The fourth-order valence-corrected chi connectivity index (χ4v) is 2.16. The first-order chi connectivity index (χ1) is 9.16. The average Bonchev–Trinajstić information content (AvgIpc) is 2.38. The van der Waals surface area contributed by atoms with E-state index in [1.807, 2.05) is 0 Å². The zero-order chi connectivity index (χ0) is 14.3. The number of hydrogen-bond acceptors (Lipinski definition) is 3. The van der Waals surface area contributed by atoms with Gasteiger partial charge in [0.1, 0.15) is 6.61 Å². The van der Waals surface area contributed by atoms with Gasteiger partial charge < -0.3 is 9.84 Å². The molecule has 0 bridgehead atoms. The van der Waals surface area contributed by atoms with Crippen LogP contribution in [0.5, 0.6) is 0 Å². The number of carbonyl (C=O) groups is 1. The first-order valence-corrected chi connectivity index (χ1v) is 7.98. The van der Waals surface area contributed by atoms with E-state index in [0.29, 0.717) is 0 Å². The van der Waals surface area contributed by atoms with Crippen LogP contribution in [0.3, 0.4) is 0 Å². The Hall–Kier alpha value is -0.570. The van der Waals surface area contributed by atoms with Crippen LogP contribution in [-0.4, -0.2) is 23.8 Å². The Kier molecular flexibility index (Phi) is 13.4. The summed E-state index contributed by atoms with van der Waals surface area (Å²) in [6.07, 6.45) is 13.2. The van der Waals surface area contributed by atoms with E-state index < -0.39 is 6.10 Å². The highest BCUT2D eigenvalue weighted by Gasteiger charge is 2.05. The predicted molar refractivity (Wildman–Crippen MR) is 79.1 cm³/mol. The third kappa shape index (κ3) is 15.4. The molecular formula is C16H32O3. The Balaban J connectivity index is 3.11. The van der Waals surface area contributed by atoms with Crippen LogP contribution in [0.2, 0.25) is 0 Å². The predicted octanol–water partition coefficient (Wildman–Crippen LogP) is 4.22. The van der Waals surface area contributed by atoms with Crippen molar-refractivity contribution < 1.29 is 14.6 Å². The monoisotopic (exact) mass is 272 g/mol. The number of aliphatic hydroxyl groups is 1. The maximum Gasteiger partial charge on any atom is 0.302 e. The fourth-order valence-electron chi connectivity index (χ4n) is 2.16. The number of hydrogen-bond donors (Lipinski definition) is 1. The normalized spacial score (nSPS) is 12.4. The molecule has 1 atom stereocenters. The van der Waals surface area contributed by atoms with Crippen molar-refractivity contribution in [3.63, 3.8) is 0 Å². The molecule has 1 N–H and O–H groups in total. The molecule has 0 rings (SSSR count). The lowest BCUT2D eigenvalue weighted by Crippen LogP contribution is -2.17. The third-order valence-electron chi connectivity index (χ3n) is 3.37. The van der Waals surface area contributed by atoms with E-state index in [1.54, 1.807) is 0 Å². The summed E-state index contributed by atoms with van der Waals surface area (Å²) in [6, 6.07) is 0. The Morgan fingerprint density at radius 1 is 0.947 bits per heavy atom. The van der Waals surface area contributed by atoms with E-state index in [9.17, 15) is 9.90 Å². The third-order valence-corrected chi connectivity index (χ3v) is 3.37. The second-order valence-corrected chi connectivity index (χ2v) is 5.43. The molecule has 0 fully saturated rings. The summed E-state index contributed by atoms with van der Waals surface area (Å²) in [6.45, 7) is 3.76. The fraction of sp³-hybridized carbons (Fsp3) is 0.938. The van der Waals surface area contributed by atoms with Gasteiger partial charge in [-0.3, -0.25) is 4.79 Å². The van der Waals surface area contributed by atoms with Crippen LogP contribution in [0.1, 0.15) is 84.5 Å². The molecule has 3 heteroatoms. The second-order valence-electron chi connectivity index (χ2n) is 5.43. The molecular weight excluding hydrogens is 240 g/mol. The summed E-state index contributed by atoms with van der Waals surface area (Å²) in [5.41, 5.74) is 0. The highest BCUT2D eigenvalue weighted by atomic mass is 16.5. The Morgan fingerprint density at radius 3 is 1.89 bits per heavy atom. The van der Waals surface area contributed by atoms with Crippen molar-refractivity contribution in [3.8, 4) is 0 Å². The summed E-state index contributed by atoms with van der Waals surface area (Å²) >= 11 is 0. The molecule has 0 aromatic rings. The van der Waals surface area contributed by atoms with Crippen LogP contribution in [0.4, 0.5) is 0 Å². The lowest BCUT2D eigenvalue weighted by molar-refractivity contribution is -0.144. The van der Waals surface area contributed by atoms with Gasteiger partial charge in [0, 0.05) is 6.92 Å². The van der Waals surface area contributed by atoms with E-state index in [0.717, 1.165) is 12.8 Å². The molecule has 19 heavy (non-hydrogen) atoms. The van der Waals surface area contributed by atoms with Gasteiger partial charge in [-0.25, -0.2) is 0 Å². The number of ether oxygens (including phenoxy) is 1. The highest BCUT2D eigenvalue weighted by molar-refractivity contribution is 5.65. The van der Waals surface area contributed by atoms with Gasteiger partial charge in [-0.05, 0) is 6.42 Å². The molecule has 0 aliphatic heterocycles. The lowest BCUT2D eigenvalue weighted by atomic mass is 10.0. The van der Waals surface area contributed by atoms with Gasteiger partial charge in [-0.2, -0.15) is 0 Å². The van der Waals surface area contributed by atoms with E-state index in [-0.39, 0.29) is 12.6 Å². The van der Waals surface area contributed by atoms with Crippen LogP contribution < -0.4 is 0 Å². The van der Waals surface area contributed by atoms with Crippen LogP contribution in [0, 0.1) is 0 Å². The molecule has 0 saturated heterocycles. The molecule has 0 unspecified atom stereocenters. The quantitative estimate of drug-likeness (QED) is 0.403. The Bertz CT molecular complexity index is 204. The summed E-state index contributed by atoms with van der Waals surface area (Å²) in [7, 11) is 0. The van der Waals surface area contributed by atoms with Crippen molar-refractivity contribution in [1.82, 2.24) is 0 Å². The number of esters is 1. The van der Waals surface area contributed by atoms with Gasteiger partial charge in [0.15, 0.2) is 0 Å². The Morgan fingerprint density at radius 2 is 1.42 bits per heavy atom. The topological polar surface area (TPSA) is 46.5 Å². The van der Waals surface area contributed by atoms with Gasteiger partial charge in [0.05, 0.1) is 6.10 Å². The van der Waals surface area contributed by atoms with Gasteiger partial charge in [0.2, 0.25) is 0 Å². The molecule has 0 saturated carbocycles. The van der Waals surface area contributed by atoms with E-state index in [4.69, 9.17) is 4.74 Å². The van der Waals surface area contributed by atoms with Crippen molar-refractivity contribution >= 4 is 5.97 Å². The molecule has 0 aliphatic rings. The summed E-state index contributed by atoms with van der Waals surface area (Å²) in [4.78, 5) is 10.6. The zero-order valence-electron chi connectivity index (χ0n) is 12.8. The number of rotatable bonds is 13. The number of carbonyl (C=O) groups excluding carboxylic acids is 1. The van der Waals surface area contributed by atoms with Crippen molar-refractivity contribution in [2.45, 2.75) is 90.6 Å². The van der Waals surface area contributed by atoms with Crippen LogP contribution in [0.15, 0.2) is 0 Å². The molecule has 0 heterocycles. The van der Waals surface area contributed by atoms with Crippen molar-refractivity contribution in [3.05, 3.63) is 0 Å². The van der Waals surface area contributed by atoms with Crippen LogP contribution >= 0.6 is 0 Å². The van der Waals surface area contributed by atoms with E-state index >= 15 is 0 Å². The minimum absolute atomic E-state index is 0.146. The maximum absolute atomic E-state index is 10.6. The number of aliphatic hydroxyl groups excluding tert-OH is 1. The van der Waals surface area contributed by atoms with Crippen molar-refractivity contribution in [2.24, 2.45) is 0 Å². The van der Waals surface area contributed by atoms with Gasteiger partial charge in [0.25, 0.3) is 0 Å². The smallest absolute Gasteiger partial charge is 0.302 e. The summed E-state index contributed by atoms with van der Waals surface area (Å²) < 4.78 is 4.76. The first kappa shape index (κ1) is 18.4. The molecule has 0 spiro atoms. The highest BCUT2D eigenvalue weighted by Crippen LogP contribution is 2.12. The molecule has 0 amide bonds. The van der Waals surface area contributed by atoms with Crippen molar-refractivity contribution in [1.29, 1.82) is 0 Å². The SMILES string of the molecule is CCCCCCCCCCCC[C@@H](O)COC(C)=O. The second kappa shape index (κ2) is 13.9. The largest absolute Gasteiger partial charge is 0.463 e. The molecule has 0 aromatic carbocycles. The molecule has 114 valence electrons. The summed E-state index contributed by atoms with van der Waals surface area (Å²) in [5, 5.41) is 9.54. The van der Waals surface area contributed by atoms with Gasteiger partial charge in [-0.15, -0.1) is 0 Å². The molecule has 0 radical (unpaired) electrons. The molecule has 0 aliphatic carbocycles. The van der Waals surface area contributed by atoms with E-state index in [1.165, 1.54) is 64.7 Å². The van der Waals surface area contributed by atoms with Gasteiger partial charge in [-0.1, -0.05) is 71.1 Å².